The van der Waals surface area contributed by atoms with E-state index in [2.05, 4.69) is 45.0 Å². The van der Waals surface area contributed by atoms with Crippen molar-refractivity contribution in [3.63, 3.8) is 0 Å². The first-order valence-corrected chi connectivity index (χ1v) is 8.28. The number of aryl methyl sites for hydroxylation is 1. The average Bonchev–Trinajstić information content (AvgIpc) is 2.45. The van der Waals surface area contributed by atoms with Crippen LogP contribution in [0, 0.1) is 17.8 Å². The van der Waals surface area contributed by atoms with Crippen molar-refractivity contribution in [2.45, 2.75) is 33.4 Å². The fraction of sp³-hybridized carbons (Fsp3) is 0.611. The van der Waals surface area contributed by atoms with Crippen LogP contribution >= 0.6 is 0 Å². The van der Waals surface area contributed by atoms with Crippen molar-refractivity contribution in [2.75, 3.05) is 26.2 Å². The van der Waals surface area contributed by atoms with Crippen molar-refractivity contribution >= 4 is 5.78 Å². The van der Waals surface area contributed by atoms with E-state index >= 15 is 0 Å². The minimum Gasteiger partial charge on any atom is -0.297 e. The smallest absolute Gasteiger partial charge is 0.240 e. The van der Waals surface area contributed by atoms with Gasteiger partial charge in [0.15, 0.2) is 5.78 Å². The number of piperidine rings is 2. The summed E-state index contributed by atoms with van der Waals surface area (Å²) >= 11 is 0. The van der Waals surface area contributed by atoms with Gasteiger partial charge in [-0.3, -0.25) is 14.6 Å². The lowest BCUT2D eigenvalue weighted by atomic mass is 9.60. The highest BCUT2D eigenvalue weighted by atomic mass is 16.1. The molecule has 4 saturated heterocycles. The van der Waals surface area contributed by atoms with E-state index in [-0.39, 0.29) is 10.8 Å². The fourth-order valence-electron chi connectivity index (χ4n) is 5.42. The third-order valence-electron chi connectivity index (χ3n) is 6.30. The number of hydrogen-bond donors (Lipinski definition) is 2. The molecule has 2 atom stereocenters. The lowest BCUT2D eigenvalue weighted by Crippen LogP contribution is -3.41. The van der Waals surface area contributed by atoms with Crippen molar-refractivity contribution in [1.82, 2.24) is 0 Å². The highest BCUT2D eigenvalue weighted by Gasteiger charge is 2.69. The molecule has 2 unspecified atom stereocenters. The zero-order chi connectivity index (χ0) is 14.8. The lowest BCUT2D eigenvalue weighted by Gasteiger charge is -2.59. The summed E-state index contributed by atoms with van der Waals surface area (Å²) in [6.45, 7) is 10.7. The minimum atomic E-state index is -0.0849. The molecule has 112 valence electrons. The molecule has 21 heavy (non-hydrogen) atoms. The van der Waals surface area contributed by atoms with E-state index < -0.39 is 0 Å². The molecule has 1 aromatic carbocycles. The monoisotopic (exact) mass is 286 g/mol. The zero-order valence-electron chi connectivity index (χ0n) is 13.3. The molecule has 0 radical (unpaired) electrons. The molecule has 2 N–H and O–H groups in total. The van der Waals surface area contributed by atoms with Gasteiger partial charge in [0.25, 0.3) is 0 Å². The molecule has 1 aromatic rings. The minimum absolute atomic E-state index is 0.0445. The first-order valence-electron chi connectivity index (χ1n) is 8.28. The summed E-state index contributed by atoms with van der Waals surface area (Å²) in [6.07, 6.45) is 1.54. The maximum absolute atomic E-state index is 12.9. The van der Waals surface area contributed by atoms with E-state index in [0.29, 0.717) is 11.9 Å². The second-order valence-corrected chi connectivity index (χ2v) is 7.89. The van der Waals surface area contributed by atoms with Crippen LogP contribution in [0.5, 0.6) is 0 Å². The first kappa shape index (κ1) is 13.5. The van der Waals surface area contributed by atoms with Crippen molar-refractivity contribution in [1.29, 1.82) is 0 Å². The highest BCUT2D eigenvalue weighted by Crippen LogP contribution is 2.38. The number of nitrogens with one attached hydrogen (secondary N) is 2. The molecule has 5 rings (SSSR count). The Hall–Kier alpha value is -1.19. The Bertz CT molecular complexity index is 576. The van der Waals surface area contributed by atoms with Crippen LogP contribution in [0.15, 0.2) is 24.3 Å². The van der Waals surface area contributed by atoms with Crippen LogP contribution in [-0.4, -0.2) is 32.0 Å². The van der Waals surface area contributed by atoms with Gasteiger partial charge < -0.3 is 0 Å². The number of carbonyl (C=O) groups is 1. The molecular weight excluding hydrogens is 260 g/mol. The Morgan fingerprint density at radius 2 is 1.67 bits per heavy atom. The van der Waals surface area contributed by atoms with Crippen LogP contribution in [0.4, 0.5) is 0 Å². The molecule has 0 amide bonds. The lowest BCUT2D eigenvalue weighted by molar-refractivity contribution is -1.18. The van der Waals surface area contributed by atoms with Gasteiger partial charge in [0.1, 0.15) is 23.9 Å². The van der Waals surface area contributed by atoms with Crippen molar-refractivity contribution < 1.29 is 14.6 Å². The second kappa shape index (κ2) is 4.17. The normalized spacial score (nSPS) is 44.3. The maximum atomic E-state index is 12.9. The van der Waals surface area contributed by atoms with E-state index in [0.717, 1.165) is 32.6 Å². The van der Waals surface area contributed by atoms with Crippen LogP contribution in [0.25, 0.3) is 0 Å². The van der Waals surface area contributed by atoms with Gasteiger partial charge in [0.05, 0.1) is 18.7 Å². The van der Waals surface area contributed by atoms with E-state index in [1.165, 1.54) is 11.1 Å². The Morgan fingerprint density at radius 3 is 2.19 bits per heavy atom. The molecule has 3 nitrogen and oxygen atoms in total. The zero-order valence-corrected chi connectivity index (χ0v) is 13.3. The molecule has 3 heteroatoms. The number of ketones is 1. The summed E-state index contributed by atoms with van der Waals surface area (Å²) in [7, 11) is 0. The summed E-state index contributed by atoms with van der Waals surface area (Å²) < 4.78 is 0. The highest BCUT2D eigenvalue weighted by molar-refractivity contribution is 5.91. The van der Waals surface area contributed by atoms with Gasteiger partial charge in [-0.05, 0) is 32.4 Å². The molecule has 4 bridgehead atoms. The Balaban J connectivity index is 1.74. The predicted molar refractivity (Wildman–Crippen MR) is 81.2 cm³/mol. The Kier molecular flexibility index (Phi) is 2.68. The molecule has 0 aliphatic carbocycles. The second-order valence-electron chi connectivity index (χ2n) is 7.89. The Labute approximate surface area is 126 Å². The van der Waals surface area contributed by atoms with Crippen LogP contribution in [0.2, 0.25) is 0 Å². The topological polar surface area (TPSA) is 26.0 Å². The average molecular weight is 286 g/mol. The fourth-order valence-corrected chi connectivity index (χ4v) is 5.42. The van der Waals surface area contributed by atoms with Crippen LogP contribution in [0.1, 0.15) is 37.6 Å². The molecule has 0 saturated carbocycles. The van der Waals surface area contributed by atoms with Gasteiger partial charge >= 0.3 is 0 Å². The third-order valence-corrected chi connectivity index (χ3v) is 6.30. The van der Waals surface area contributed by atoms with E-state index in [4.69, 9.17) is 0 Å². The van der Waals surface area contributed by atoms with Gasteiger partial charge in [-0.2, -0.15) is 0 Å². The molecule has 4 aliphatic heterocycles. The quantitative estimate of drug-likeness (QED) is 0.772. The summed E-state index contributed by atoms with van der Waals surface area (Å²) in [6, 6.07) is 9.05. The van der Waals surface area contributed by atoms with E-state index in [1.54, 1.807) is 9.80 Å². The van der Waals surface area contributed by atoms with Crippen molar-refractivity contribution in [2.24, 2.45) is 10.8 Å². The maximum Gasteiger partial charge on any atom is 0.240 e. The van der Waals surface area contributed by atoms with Crippen LogP contribution in [0.3, 0.4) is 0 Å². The third kappa shape index (κ3) is 1.71. The first-order chi connectivity index (χ1) is 9.97. The SMILES string of the molecule is CCC12C[NH+]3CC(C)(C[NH+](C1)C3c1ccc(C)cc1)C2=O. The van der Waals surface area contributed by atoms with Gasteiger partial charge in [0, 0.05) is 0 Å². The number of Topliss-reactive ketones (excluding diaryl/α,β-unsaturated/α-hetero) is 1. The van der Waals surface area contributed by atoms with Gasteiger partial charge in [-0.15, -0.1) is 0 Å². The number of rotatable bonds is 2. The number of quaternary nitrogens is 2. The molecule has 0 aromatic heterocycles. The van der Waals surface area contributed by atoms with Gasteiger partial charge in [0.2, 0.25) is 6.17 Å². The summed E-state index contributed by atoms with van der Waals surface area (Å²) in [5.74, 6) is 0.562. The standard InChI is InChI=1S/C18H24N2O/c1-4-18-11-19-9-17(3,16(18)21)10-20(12-18)15(19)14-7-5-13(2)6-8-14/h5-8,15H,4,9-12H2,1-3H3/p+2. The number of carbonyl (C=O) groups excluding carboxylic acids is 1. The molecule has 0 spiro atoms. The summed E-state index contributed by atoms with van der Waals surface area (Å²) in [5.41, 5.74) is 2.65. The van der Waals surface area contributed by atoms with Gasteiger partial charge in [-0.25, -0.2) is 0 Å². The van der Waals surface area contributed by atoms with Crippen molar-refractivity contribution in [3.05, 3.63) is 35.4 Å². The summed E-state index contributed by atoms with van der Waals surface area (Å²) in [4.78, 5) is 16.2. The Morgan fingerprint density at radius 1 is 1.10 bits per heavy atom. The van der Waals surface area contributed by atoms with E-state index in [1.807, 2.05) is 0 Å². The predicted octanol–water partition coefficient (Wildman–Crippen LogP) is -0.224. The molecular formula is C18H26N2O+2. The number of hydrogen-bond acceptors (Lipinski definition) is 1. The summed E-state index contributed by atoms with van der Waals surface area (Å²) in [5, 5.41) is 0. The largest absolute Gasteiger partial charge is 0.297 e. The molecule has 4 aliphatic rings. The number of benzene rings is 1. The van der Waals surface area contributed by atoms with E-state index in [9.17, 15) is 4.79 Å². The molecule has 4 fully saturated rings. The van der Waals surface area contributed by atoms with Crippen LogP contribution in [-0.2, 0) is 4.79 Å². The van der Waals surface area contributed by atoms with Crippen molar-refractivity contribution in [3.8, 4) is 0 Å². The van der Waals surface area contributed by atoms with Gasteiger partial charge in [-0.1, -0.05) is 24.6 Å². The van der Waals surface area contributed by atoms with Crippen LogP contribution < -0.4 is 9.80 Å². The molecule has 4 heterocycles.